The zero-order valence-corrected chi connectivity index (χ0v) is 45.8. The molecule has 0 aromatic carbocycles. The van der Waals surface area contributed by atoms with Crippen LogP contribution in [0.1, 0.15) is 101 Å². The third-order valence-electron chi connectivity index (χ3n) is 8.36. The molecule has 0 fully saturated rings. The summed E-state index contributed by atoms with van der Waals surface area (Å²) in [5, 5.41) is 22.9. The molecule has 6 aromatic heterocycles. The number of hydrogen-bond acceptors (Lipinski definition) is 16. The van der Waals surface area contributed by atoms with Crippen LogP contribution in [0.25, 0.3) is 0 Å². The van der Waals surface area contributed by atoms with Gasteiger partial charge in [0.15, 0.2) is 24.7 Å². The maximum atomic E-state index is 11.4. The van der Waals surface area contributed by atoms with E-state index in [4.69, 9.17) is 0 Å². The molecule has 0 aliphatic carbocycles. The number of anilines is 1. The monoisotopic (exact) mass is 1080 g/mol. The Labute approximate surface area is 431 Å². The quantitative estimate of drug-likeness (QED) is 0.0985. The highest BCUT2D eigenvalue weighted by molar-refractivity contribution is 7.99. The molecule has 16 nitrogen and oxygen atoms in total. The third-order valence-corrected chi connectivity index (χ3v) is 14.1. The first kappa shape index (κ1) is 70.4. The molecule has 0 spiro atoms. The minimum absolute atomic E-state index is 0. The Bertz CT molecular complexity index is 2930. The number of pyridine rings is 4. The van der Waals surface area contributed by atoms with E-state index in [-0.39, 0.29) is 36.7 Å². The summed E-state index contributed by atoms with van der Waals surface area (Å²) in [4.78, 5) is 23.5. The number of H-pyrrole nitrogens is 1. The Kier molecular flexibility index (Phi) is 29.9. The molecule has 71 heavy (non-hydrogen) atoms. The van der Waals surface area contributed by atoms with Crippen LogP contribution in [-0.2, 0) is 51.1 Å². The summed E-state index contributed by atoms with van der Waals surface area (Å²) in [7, 11) is -11.6. The molecule has 0 aliphatic heterocycles. The number of thiazole rings is 1. The largest absolute Gasteiger partial charge is 0.389 e. The van der Waals surface area contributed by atoms with Gasteiger partial charge >= 0.3 is 0 Å². The Morgan fingerprint density at radius 3 is 1.45 bits per heavy atom. The van der Waals surface area contributed by atoms with Crippen molar-refractivity contribution in [3.05, 3.63) is 130 Å². The maximum absolute atomic E-state index is 11.4. The van der Waals surface area contributed by atoms with Gasteiger partial charge in [0.05, 0.1) is 11.3 Å². The average molecular weight is 1080 g/mol. The van der Waals surface area contributed by atoms with E-state index in [1.807, 2.05) is 58.2 Å². The Morgan fingerprint density at radius 1 is 0.634 bits per heavy atom. The smallest absolute Gasteiger partial charge is 0.209 e. The van der Waals surface area contributed by atoms with Crippen molar-refractivity contribution in [1.82, 2.24) is 29.9 Å². The van der Waals surface area contributed by atoms with E-state index in [0.29, 0.717) is 17.4 Å². The first-order valence-corrected chi connectivity index (χ1v) is 29.5. The second-order valence-electron chi connectivity index (χ2n) is 17.3. The molecule has 400 valence electrons. The highest BCUT2D eigenvalue weighted by Gasteiger charge is 2.17. The minimum Gasteiger partial charge on any atom is -0.389 e. The van der Waals surface area contributed by atoms with Gasteiger partial charge < -0.3 is 20.5 Å². The lowest BCUT2D eigenvalue weighted by Crippen LogP contribution is -2.29. The lowest BCUT2D eigenvalue weighted by Gasteiger charge is -2.18. The molecule has 0 saturated heterocycles. The summed E-state index contributed by atoms with van der Waals surface area (Å²) in [5.41, 5.74) is 5.40. The molecule has 0 bridgehead atoms. The number of aromatic amines is 1. The van der Waals surface area contributed by atoms with Crippen LogP contribution < -0.4 is 5.32 Å². The van der Waals surface area contributed by atoms with E-state index in [0.717, 1.165) is 51.8 Å². The van der Waals surface area contributed by atoms with Crippen molar-refractivity contribution in [3.63, 3.8) is 0 Å². The molecule has 21 heteroatoms. The summed E-state index contributed by atoms with van der Waals surface area (Å²) >= 11 is 1.20. The van der Waals surface area contributed by atoms with Crippen molar-refractivity contribution in [2.24, 2.45) is 0 Å². The van der Waals surface area contributed by atoms with Crippen molar-refractivity contribution < 1.29 is 39.7 Å². The molecular formula is C50H81N7O9S5. The van der Waals surface area contributed by atoms with Crippen LogP contribution in [0, 0.1) is 41.5 Å². The van der Waals surface area contributed by atoms with E-state index >= 15 is 0 Å². The lowest BCUT2D eigenvalue weighted by molar-refractivity contribution is 0.0737. The van der Waals surface area contributed by atoms with Gasteiger partial charge in [-0.3, -0.25) is 14.2 Å². The minimum atomic E-state index is -3.32. The molecule has 6 heterocycles. The second-order valence-corrected chi connectivity index (χ2v) is 27.1. The van der Waals surface area contributed by atoms with Crippen molar-refractivity contribution >= 4 is 62.1 Å². The zero-order valence-electron chi connectivity index (χ0n) is 41.7. The topological polar surface area (TPSA) is 252 Å². The van der Waals surface area contributed by atoms with Crippen LogP contribution >= 0.6 is 11.3 Å². The molecule has 0 amide bonds. The molecular weight excluding hydrogens is 1000 g/mol. The van der Waals surface area contributed by atoms with E-state index < -0.39 is 50.2 Å². The number of nitrogens with one attached hydrogen (secondary N) is 2. The SMILES string of the molecule is C.C.C.C=S(C)(=O)c1cc(C)ccn1.CCc1cc(C)ccn1.Cc1c[nH]c(S(C)(=O)=O)c1.Cc1cc(NCC(C)(C)O)nc(S(C)(=O)=O)c1.Cc1ccnc(C(C)(C)O)c1.Cc1cnc(S(C)(=O)=O)s1. The van der Waals surface area contributed by atoms with Crippen molar-refractivity contribution in [2.75, 3.05) is 36.9 Å². The highest BCUT2D eigenvalue weighted by atomic mass is 32.2. The van der Waals surface area contributed by atoms with E-state index in [1.54, 1.807) is 83.9 Å². The van der Waals surface area contributed by atoms with Gasteiger partial charge in [0, 0.05) is 82.6 Å². The number of rotatable bonds is 9. The van der Waals surface area contributed by atoms with Gasteiger partial charge in [-0.25, -0.2) is 40.2 Å². The molecule has 0 aliphatic rings. The number of sulfone groups is 3. The molecule has 0 saturated carbocycles. The molecule has 6 rings (SSSR count). The Hall–Kier alpha value is -4.90. The summed E-state index contributed by atoms with van der Waals surface area (Å²) in [6.45, 7) is 20.7. The second kappa shape index (κ2) is 30.2. The van der Waals surface area contributed by atoms with Crippen molar-refractivity contribution in [3.8, 4) is 0 Å². The normalized spacial score (nSPS) is 11.8. The fourth-order valence-corrected chi connectivity index (χ4v) is 8.61. The Balaban J connectivity index is -0.000000785. The zero-order chi connectivity index (χ0) is 52.5. The summed E-state index contributed by atoms with van der Waals surface area (Å²) in [5.74, 6) is 4.00. The average Bonchev–Trinajstić information content (AvgIpc) is 3.86. The molecule has 6 aromatic rings. The first-order chi connectivity index (χ1) is 30.9. The summed E-state index contributed by atoms with van der Waals surface area (Å²) < 4.78 is 77.6. The van der Waals surface area contributed by atoms with Gasteiger partial charge in [-0.2, -0.15) is 0 Å². The first-order valence-electron chi connectivity index (χ1n) is 20.8. The number of nitrogens with zero attached hydrogens (tertiary/aromatic N) is 5. The number of aryl methyl sites for hydroxylation is 7. The van der Waals surface area contributed by atoms with Crippen LogP contribution in [-0.4, -0.2) is 113 Å². The van der Waals surface area contributed by atoms with Gasteiger partial charge in [-0.15, -0.1) is 11.3 Å². The predicted molar refractivity (Wildman–Crippen MR) is 297 cm³/mol. The number of aromatic nitrogens is 6. The van der Waals surface area contributed by atoms with Gasteiger partial charge in [0.25, 0.3) is 0 Å². The van der Waals surface area contributed by atoms with Crippen LogP contribution in [0.4, 0.5) is 5.82 Å². The van der Waals surface area contributed by atoms with Crippen LogP contribution in [0.5, 0.6) is 0 Å². The molecule has 4 N–H and O–H groups in total. The van der Waals surface area contributed by atoms with Gasteiger partial charge in [0.2, 0.25) is 14.2 Å². The fraction of sp³-hybridized carbons (Fsp3) is 0.440. The lowest BCUT2D eigenvalue weighted by atomic mass is 10.0. The number of aliphatic hydroxyl groups is 2. The van der Waals surface area contributed by atoms with Gasteiger partial charge in [0.1, 0.15) is 21.5 Å². The molecule has 1 unspecified atom stereocenters. The van der Waals surface area contributed by atoms with Crippen LogP contribution in [0.2, 0.25) is 0 Å². The Morgan fingerprint density at radius 2 is 1.14 bits per heavy atom. The summed E-state index contributed by atoms with van der Waals surface area (Å²) in [6.07, 6.45) is 14.5. The van der Waals surface area contributed by atoms with Crippen molar-refractivity contribution in [1.29, 1.82) is 0 Å². The highest BCUT2D eigenvalue weighted by Crippen LogP contribution is 2.18. The van der Waals surface area contributed by atoms with Crippen LogP contribution in [0.3, 0.4) is 0 Å². The number of hydrogen-bond donors (Lipinski definition) is 4. The fourth-order valence-electron chi connectivity index (χ4n) is 4.82. The van der Waals surface area contributed by atoms with E-state index in [1.165, 1.54) is 34.9 Å². The van der Waals surface area contributed by atoms with Crippen molar-refractivity contribution in [2.45, 2.75) is 135 Å². The van der Waals surface area contributed by atoms with E-state index in [9.17, 15) is 39.7 Å². The predicted octanol–water partition coefficient (Wildman–Crippen LogP) is 9.13. The van der Waals surface area contributed by atoms with Crippen LogP contribution in [0.15, 0.2) is 105 Å². The summed E-state index contributed by atoms with van der Waals surface area (Å²) in [6, 6.07) is 16.5. The maximum Gasteiger partial charge on any atom is 0.209 e. The third kappa shape index (κ3) is 29.9. The van der Waals surface area contributed by atoms with E-state index in [2.05, 4.69) is 61.0 Å². The standard InChI is InChI=1S/C11H18N2O3S.C9H13NO.C8H11NOS.C8H11N.C6H9NO2S.C5H7NO2S2.3CH4/c1-8-5-9(12-7-11(2,3)14)13-10(6-8)17(4,15)16;1-7-4-5-10-8(6-7)9(2,3)11;1-7-4-5-9-8(6-7)11(2,3)10;1-3-8-6-7(2)4-5-9-8;1-5-3-6(7-4-5)10(2,8)9;1-4-3-6-5(9-4)10(2,7)8;;;/h5-6,14H,7H2,1-4H3,(H,12,13);4-6,11H,1-3H3;4-6H,2H2,1,3H3;4-6H,3H2,1-2H3;3-4,7H,1-2H3;3H,1-2H3;3*1H4. The molecule has 0 radical (unpaired) electrons. The molecule has 1 atom stereocenters. The van der Waals surface area contributed by atoms with Gasteiger partial charge in [-0.1, -0.05) is 29.2 Å². The van der Waals surface area contributed by atoms with Gasteiger partial charge in [-0.05, 0) is 164 Å².